The van der Waals surface area contributed by atoms with E-state index < -0.39 is 0 Å². The Morgan fingerprint density at radius 3 is 2.75 bits per heavy atom. The summed E-state index contributed by atoms with van der Waals surface area (Å²) in [6.45, 7) is 5.25. The van der Waals surface area contributed by atoms with Gasteiger partial charge >= 0.3 is 0 Å². The quantitative estimate of drug-likeness (QED) is 0.823. The second-order valence-electron chi connectivity index (χ2n) is 5.12. The number of hydrogen-bond acceptors (Lipinski definition) is 3. The Morgan fingerprint density at radius 1 is 1.30 bits per heavy atom. The molecule has 0 saturated carbocycles. The van der Waals surface area contributed by atoms with Gasteiger partial charge in [-0.3, -0.25) is 9.36 Å². The van der Waals surface area contributed by atoms with Crippen molar-refractivity contribution in [2.75, 3.05) is 6.54 Å². The number of nitrogens with one attached hydrogen (secondary N) is 1. The molecule has 0 aliphatic carbocycles. The van der Waals surface area contributed by atoms with Crippen LogP contribution in [0.5, 0.6) is 0 Å². The molecule has 1 aromatic carbocycles. The van der Waals surface area contributed by atoms with E-state index in [2.05, 4.69) is 24.1 Å². The summed E-state index contributed by atoms with van der Waals surface area (Å²) in [6, 6.07) is 7.66. The summed E-state index contributed by atoms with van der Waals surface area (Å²) in [5.41, 5.74) is 0.808. The first-order valence-corrected chi connectivity index (χ1v) is 7.38. The van der Waals surface area contributed by atoms with Crippen LogP contribution in [0.2, 0.25) is 0 Å². The van der Waals surface area contributed by atoms with Gasteiger partial charge in [0.05, 0.1) is 16.9 Å². The lowest BCUT2D eigenvalue weighted by Gasteiger charge is -2.19. The van der Waals surface area contributed by atoms with Gasteiger partial charge in [0.2, 0.25) is 0 Å². The summed E-state index contributed by atoms with van der Waals surface area (Å²) >= 11 is 0. The van der Waals surface area contributed by atoms with Crippen molar-refractivity contribution in [2.24, 2.45) is 7.05 Å². The molecule has 0 aliphatic rings. The lowest BCUT2D eigenvalue weighted by Crippen LogP contribution is -2.31. The Morgan fingerprint density at radius 2 is 2.05 bits per heavy atom. The monoisotopic (exact) mass is 273 g/mol. The van der Waals surface area contributed by atoms with E-state index in [-0.39, 0.29) is 11.6 Å². The zero-order chi connectivity index (χ0) is 14.5. The summed E-state index contributed by atoms with van der Waals surface area (Å²) in [5, 5.41) is 4.18. The Hall–Kier alpha value is -1.68. The van der Waals surface area contributed by atoms with E-state index in [0.29, 0.717) is 5.39 Å². The van der Waals surface area contributed by atoms with E-state index >= 15 is 0 Å². The Kier molecular flexibility index (Phi) is 4.90. The number of para-hydroxylation sites is 1. The first-order chi connectivity index (χ1) is 9.69. The normalized spacial score (nSPS) is 12.8. The highest BCUT2D eigenvalue weighted by Gasteiger charge is 2.15. The minimum Gasteiger partial charge on any atom is -0.307 e. The molecular weight excluding hydrogens is 250 g/mol. The van der Waals surface area contributed by atoms with E-state index in [1.165, 1.54) is 0 Å². The summed E-state index contributed by atoms with van der Waals surface area (Å²) in [6.07, 6.45) is 3.22. The predicted octanol–water partition coefficient (Wildman–Crippen LogP) is 2.77. The van der Waals surface area contributed by atoms with Crippen LogP contribution in [0.15, 0.2) is 29.1 Å². The fourth-order valence-corrected chi connectivity index (χ4v) is 2.42. The van der Waals surface area contributed by atoms with Crippen molar-refractivity contribution in [1.29, 1.82) is 0 Å². The highest BCUT2D eigenvalue weighted by molar-refractivity contribution is 5.77. The molecule has 0 unspecified atom stereocenters. The molecule has 4 heteroatoms. The molecule has 0 aliphatic heterocycles. The molecule has 2 aromatic rings. The highest BCUT2D eigenvalue weighted by atomic mass is 16.1. The van der Waals surface area contributed by atoms with E-state index in [0.717, 1.165) is 37.1 Å². The second-order valence-corrected chi connectivity index (χ2v) is 5.12. The average Bonchev–Trinajstić information content (AvgIpc) is 2.48. The van der Waals surface area contributed by atoms with Crippen molar-refractivity contribution in [3.63, 3.8) is 0 Å². The number of aromatic nitrogens is 2. The molecule has 20 heavy (non-hydrogen) atoms. The number of nitrogens with zero attached hydrogens (tertiary/aromatic N) is 2. The lowest BCUT2D eigenvalue weighted by molar-refractivity contribution is 0.468. The van der Waals surface area contributed by atoms with Crippen molar-refractivity contribution in [1.82, 2.24) is 14.9 Å². The van der Waals surface area contributed by atoms with Gasteiger partial charge in [0.1, 0.15) is 5.82 Å². The van der Waals surface area contributed by atoms with E-state index in [4.69, 9.17) is 0 Å². The van der Waals surface area contributed by atoms with Crippen LogP contribution in [0.3, 0.4) is 0 Å². The number of unbranched alkanes of at least 4 members (excludes halogenated alkanes) is 1. The van der Waals surface area contributed by atoms with Crippen LogP contribution >= 0.6 is 0 Å². The first kappa shape index (κ1) is 14.7. The van der Waals surface area contributed by atoms with Gasteiger partial charge in [0, 0.05) is 7.05 Å². The second kappa shape index (κ2) is 6.66. The topological polar surface area (TPSA) is 46.9 Å². The Labute approximate surface area is 119 Å². The van der Waals surface area contributed by atoms with Gasteiger partial charge in [-0.05, 0) is 31.5 Å². The standard InChI is InChI=1S/C16H23N3O/c1-4-6-11-17-13(5-2)15-18-14-10-8-7-9-12(14)16(20)19(15)3/h7-10,13,17H,4-6,11H2,1-3H3/t13-/m0/s1. The van der Waals surface area contributed by atoms with Crippen LogP contribution in [-0.2, 0) is 7.05 Å². The highest BCUT2D eigenvalue weighted by Crippen LogP contribution is 2.16. The number of hydrogen-bond donors (Lipinski definition) is 1. The van der Waals surface area contributed by atoms with Gasteiger partial charge in [-0.2, -0.15) is 0 Å². The van der Waals surface area contributed by atoms with Gasteiger partial charge in [0.15, 0.2) is 0 Å². The Balaban J connectivity index is 2.42. The smallest absolute Gasteiger partial charge is 0.261 e. The van der Waals surface area contributed by atoms with Crippen LogP contribution in [0.4, 0.5) is 0 Å². The van der Waals surface area contributed by atoms with Crippen molar-refractivity contribution < 1.29 is 0 Å². The van der Waals surface area contributed by atoms with E-state index in [1.807, 2.05) is 24.3 Å². The maximum atomic E-state index is 12.4. The molecule has 0 saturated heterocycles. The maximum absolute atomic E-state index is 12.4. The largest absolute Gasteiger partial charge is 0.307 e. The van der Waals surface area contributed by atoms with Crippen molar-refractivity contribution in [3.05, 3.63) is 40.4 Å². The lowest BCUT2D eigenvalue weighted by atomic mass is 10.1. The molecule has 1 atom stereocenters. The molecular formula is C16H23N3O. The molecule has 1 heterocycles. The molecule has 0 fully saturated rings. The van der Waals surface area contributed by atoms with E-state index in [9.17, 15) is 4.79 Å². The van der Waals surface area contributed by atoms with Crippen molar-refractivity contribution in [3.8, 4) is 0 Å². The molecule has 1 N–H and O–H groups in total. The minimum absolute atomic E-state index is 0.0290. The van der Waals surface area contributed by atoms with Crippen LogP contribution < -0.4 is 10.9 Å². The molecule has 2 rings (SSSR count). The fourth-order valence-electron chi connectivity index (χ4n) is 2.42. The van der Waals surface area contributed by atoms with Gasteiger partial charge in [-0.15, -0.1) is 0 Å². The molecule has 0 amide bonds. The summed E-state index contributed by atoms with van der Waals surface area (Å²) < 4.78 is 1.68. The third kappa shape index (κ3) is 2.90. The summed E-state index contributed by atoms with van der Waals surface area (Å²) in [7, 11) is 1.81. The van der Waals surface area contributed by atoms with E-state index in [1.54, 1.807) is 11.6 Å². The molecule has 0 bridgehead atoms. The molecule has 108 valence electrons. The third-order valence-electron chi connectivity index (χ3n) is 3.66. The van der Waals surface area contributed by atoms with Crippen LogP contribution in [0.1, 0.15) is 45.0 Å². The molecule has 4 nitrogen and oxygen atoms in total. The third-order valence-corrected chi connectivity index (χ3v) is 3.66. The minimum atomic E-state index is 0.0290. The van der Waals surface area contributed by atoms with Gasteiger partial charge in [-0.1, -0.05) is 32.4 Å². The zero-order valence-electron chi connectivity index (χ0n) is 12.5. The summed E-state index contributed by atoms with van der Waals surface area (Å²) in [5.74, 6) is 0.826. The van der Waals surface area contributed by atoms with Crippen LogP contribution in [0, 0.1) is 0 Å². The van der Waals surface area contributed by atoms with Crippen LogP contribution in [-0.4, -0.2) is 16.1 Å². The number of fused-ring (bicyclic) bond motifs is 1. The SMILES string of the molecule is CCCCN[C@@H](CC)c1nc2ccccc2c(=O)n1C. The maximum Gasteiger partial charge on any atom is 0.261 e. The Bertz CT molecular complexity index is 633. The zero-order valence-corrected chi connectivity index (χ0v) is 12.5. The van der Waals surface area contributed by atoms with Gasteiger partial charge in [-0.25, -0.2) is 4.98 Å². The van der Waals surface area contributed by atoms with Crippen molar-refractivity contribution in [2.45, 2.75) is 39.2 Å². The fraction of sp³-hybridized carbons (Fsp3) is 0.500. The summed E-state index contributed by atoms with van der Waals surface area (Å²) in [4.78, 5) is 17.1. The molecule has 0 radical (unpaired) electrons. The molecule has 1 aromatic heterocycles. The average molecular weight is 273 g/mol. The first-order valence-electron chi connectivity index (χ1n) is 7.38. The predicted molar refractivity (Wildman–Crippen MR) is 82.9 cm³/mol. The van der Waals surface area contributed by atoms with Crippen LogP contribution in [0.25, 0.3) is 10.9 Å². The van der Waals surface area contributed by atoms with Crippen molar-refractivity contribution >= 4 is 10.9 Å². The number of rotatable bonds is 6. The van der Waals surface area contributed by atoms with Gasteiger partial charge in [0.25, 0.3) is 5.56 Å². The number of benzene rings is 1. The molecule has 0 spiro atoms. The van der Waals surface area contributed by atoms with Gasteiger partial charge < -0.3 is 5.32 Å².